The Hall–Kier alpha value is -2.40. The van der Waals surface area contributed by atoms with Crippen LogP contribution in [-0.2, 0) is 6.61 Å². The minimum absolute atomic E-state index is 0.0560. The minimum atomic E-state index is -0.225. The third kappa shape index (κ3) is 3.13. The molecule has 1 heterocycles. The maximum Gasteiger partial charge on any atom is 0.259 e. The van der Waals surface area contributed by atoms with Gasteiger partial charge < -0.3 is 15.3 Å². The maximum absolute atomic E-state index is 12.3. The molecule has 2 aromatic rings. The first kappa shape index (κ1) is 14.0. The second-order valence-electron chi connectivity index (χ2n) is 4.58. The van der Waals surface area contributed by atoms with Gasteiger partial charge in [0.15, 0.2) is 0 Å². The molecule has 0 radical (unpaired) electrons. The van der Waals surface area contributed by atoms with E-state index in [1.165, 1.54) is 0 Å². The number of rotatable bonds is 4. The van der Waals surface area contributed by atoms with Crippen LogP contribution in [-0.4, -0.2) is 30.1 Å². The van der Waals surface area contributed by atoms with Crippen molar-refractivity contribution in [3.05, 3.63) is 53.7 Å². The Bertz CT molecular complexity index is 612. The number of hydrogen-bond acceptors (Lipinski definition) is 4. The highest BCUT2D eigenvalue weighted by Crippen LogP contribution is 2.17. The zero-order valence-corrected chi connectivity index (χ0v) is 11.5. The summed E-state index contributed by atoms with van der Waals surface area (Å²) in [6, 6.07) is 10.6. The summed E-state index contributed by atoms with van der Waals surface area (Å²) in [6.07, 6.45) is 1.65. The van der Waals surface area contributed by atoms with Gasteiger partial charge in [0, 0.05) is 26.0 Å². The van der Waals surface area contributed by atoms with E-state index in [2.05, 4.69) is 10.3 Å². The van der Waals surface area contributed by atoms with Gasteiger partial charge in [-0.2, -0.15) is 0 Å². The number of benzene rings is 1. The Morgan fingerprint density at radius 1 is 1.30 bits per heavy atom. The molecule has 5 heteroatoms. The van der Waals surface area contributed by atoms with Crippen LogP contribution in [0.4, 0.5) is 11.5 Å². The van der Waals surface area contributed by atoms with Gasteiger partial charge in [0.05, 0.1) is 12.2 Å². The fourth-order valence-electron chi connectivity index (χ4n) is 1.88. The molecule has 1 aromatic heterocycles. The Balaban J connectivity index is 2.24. The summed E-state index contributed by atoms with van der Waals surface area (Å²) in [4.78, 5) is 18.3. The largest absolute Gasteiger partial charge is 0.392 e. The van der Waals surface area contributed by atoms with E-state index in [9.17, 15) is 4.79 Å². The fraction of sp³-hybridized carbons (Fsp3) is 0.200. The van der Waals surface area contributed by atoms with Crippen LogP contribution >= 0.6 is 0 Å². The van der Waals surface area contributed by atoms with E-state index in [0.29, 0.717) is 17.1 Å². The van der Waals surface area contributed by atoms with Crippen molar-refractivity contribution in [3.63, 3.8) is 0 Å². The normalized spacial score (nSPS) is 10.2. The Kier molecular flexibility index (Phi) is 4.32. The van der Waals surface area contributed by atoms with Crippen molar-refractivity contribution in [2.75, 3.05) is 24.3 Å². The van der Waals surface area contributed by atoms with Crippen LogP contribution in [0.1, 0.15) is 15.9 Å². The van der Waals surface area contributed by atoms with Gasteiger partial charge in [-0.25, -0.2) is 4.98 Å². The van der Waals surface area contributed by atoms with Crippen molar-refractivity contribution >= 4 is 17.4 Å². The van der Waals surface area contributed by atoms with Crippen LogP contribution in [0.25, 0.3) is 0 Å². The monoisotopic (exact) mass is 271 g/mol. The van der Waals surface area contributed by atoms with Gasteiger partial charge in [0.1, 0.15) is 5.82 Å². The standard InChI is InChI=1S/C15H17N3O2/c1-18(2)14-13(7-4-8-16-14)15(20)17-12-6-3-5-11(9-12)10-19/h3-9,19H,10H2,1-2H3,(H,17,20). The van der Waals surface area contributed by atoms with Gasteiger partial charge in [-0.1, -0.05) is 12.1 Å². The molecule has 1 aromatic carbocycles. The lowest BCUT2D eigenvalue weighted by molar-refractivity contribution is 0.102. The molecule has 0 saturated carbocycles. The van der Waals surface area contributed by atoms with Gasteiger partial charge in [0.25, 0.3) is 5.91 Å². The molecule has 0 saturated heterocycles. The van der Waals surface area contributed by atoms with E-state index in [4.69, 9.17) is 5.11 Å². The molecule has 2 N–H and O–H groups in total. The summed E-state index contributed by atoms with van der Waals surface area (Å²) in [6.45, 7) is -0.0560. The number of amides is 1. The SMILES string of the molecule is CN(C)c1ncccc1C(=O)Nc1cccc(CO)c1. The number of pyridine rings is 1. The zero-order valence-electron chi connectivity index (χ0n) is 11.5. The molecule has 0 aliphatic carbocycles. The number of carbonyl (C=O) groups is 1. The molecule has 104 valence electrons. The molecule has 20 heavy (non-hydrogen) atoms. The second kappa shape index (κ2) is 6.16. The number of hydrogen-bond donors (Lipinski definition) is 2. The van der Waals surface area contributed by atoms with Gasteiger partial charge in [-0.05, 0) is 29.8 Å². The van der Waals surface area contributed by atoms with E-state index in [-0.39, 0.29) is 12.5 Å². The highest BCUT2D eigenvalue weighted by Gasteiger charge is 2.13. The predicted molar refractivity (Wildman–Crippen MR) is 78.9 cm³/mol. The molecular formula is C15H17N3O2. The molecule has 5 nitrogen and oxygen atoms in total. The zero-order chi connectivity index (χ0) is 14.5. The molecule has 0 aliphatic rings. The molecular weight excluding hydrogens is 254 g/mol. The van der Waals surface area contributed by atoms with Crippen molar-refractivity contribution in [2.45, 2.75) is 6.61 Å². The number of aliphatic hydroxyl groups excluding tert-OH is 1. The van der Waals surface area contributed by atoms with Crippen molar-refractivity contribution in [3.8, 4) is 0 Å². The third-order valence-electron chi connectivity index (χ3n) is 2.82. The van der Waals surface area contributed by atoms with Crippen molar-refractivity contribution in [2.24, 2.45) is 0 Å². The number of nitrogens with zero attached hydrogens (tertiary/aromatic N) is 2. The smallest absolute Gasteiger partial charge is 0.259 e. The summed E-state index contributed by atoms with van der Waals surface area (Å²) in [5, 5.41) is 11.9. The second-order valence-corrected chi connectivity index (χ2v) is 4.58. The van der Waals surface area contributed by atoms with Crippen molar-refractivity contribution in [1.82, 2.24) is 4.98 Å². The quantitative estimate of drug-likeness (QED) is 0.891. The van der Waals surface area contributed by atoms with Gasteiger partial charge in [0.2, 0.25) is 0 Å². The van der Waals surface area contributed by atoms with E-state index >= 15 is 0 Å². The molecule has 1 amide bonds. The predicted octanol–water partition coefficient (Wildman–Crippen LogP) is 1.89. The molecule has 0 aliphatic heterocycles. The Labute approximate surface area is 117 Å². The molecule has 0 atom stereocenters. The first-order valence-electron chi connectivity index (χ1n) is 6.25. The van der Waals surface area contributed by atoms with Crippen LogP contribution in [0.3, 0.4) is 0 Å². The van der Waals surface area contributed by atoms with E-state index in [1.54, 1.807) is 47.5 Å². The number of aliphatic hydroxyl groups is 1. The van der Waals surface area contributed by atoms with E-state index in [0.717, 1.165) is 5.56 Å². The van der Waals surface area contributed by atoms with Crippen LogP contribution in [0.15, 0.2) is 42.6 Å². The first-order chi connectivity index (χ1) is 9.61. The lowest BCUT2D eigenvalue weighted by Gasteiger charge is -2.15. The average molecular weight is 271 g/mol. The van der Waals surface area contributed by atoms with Gasteiger partial charge in [-0.15, -0.1) is 0 Å². The highest BCUT2D eigenvalue weighted by atomic mass is 16.3. The number of anilines is 2. The number of aromatic nitrogens is 1. The summed E-state index contributed by atoms with van der Waals surface area (Å²) >= 11 is 0. The van der Waals surface area contributed by atoms with E-state index in [1.807, 2.05) is 14.1 Å². The Morgan fingerprint density at radius 3 is 2.80 bits per heavy atom. The molecule has 0 unspecified atom stereocenters. The van der Waals surface area contributed by atoms with Crippen LogP contribution in [0.2, 0.25) is 0 Å². The van der Waals surface area contributed by atoms with Gasteiger partial charge in [-0.3, -0.25) is 4.79 Å². The fourth-order valence-corrected chi connectivity index (χ4v) is 1.88. The maximum atomic E-state index is 12.3. The summed E-state index contributed by atoms with van der Waals surface area (Å²) in [5.74, 6) is 0.389. The summed E-state index contributed by atoms with van der Waals surface area (Å²) in [5.41, 5.74) is 1.91. The molecule has 0 fully saturated rings. The lowest BCUT2D eigenvalue weighted by Crippen LogP contribution is -2.19. The van der Waals surface area contributed by atoms with Crippen LogP contribution in [0, 0.1) is 0 Å². The Morgan fingerprint density at radius 2 is 2.10 bits per heavy atom. The third-order valence-corrected chi connectivity index (χ3v) is 2.82. The van der Waals surface area contributed by atoms with Crippen LogP contribution < -0.4 is 10.2 Å². The highest BCUT2D eigenvalue weighted by molar-refractivity contribution is 6.07. The number of carbonyl (C=O) groups excluding carboxylic acids is 1. The summed E-state index contributed by atoms with van der Waals surface area (Å²) in [7, 11) is 3.68. The lowest BCUT2D eigenvalue weighted by atomic mass is 10.2. The topological polar surface area (TPSA) is 65.5 Å². The summed E-state index contributed by atoms with van der Waals surface area (Å²) < 4.78 is 0. The van der Waals surface area contributed by atoms with Crippen LogP contribution in [0.5, 0.6) is 0 Å². The minimum Gasteiger partial charge on any atom is -0.392 e. The average Bonchev–Trinajstić information content (AvgIpc) is 2.47. The first-order valence-corrected chi connectivity index (χ1v) is 6.25. The van der Waals surface area contributed by atoms with E-state index < -0.39 is 0 Å². The van der Waals surface area contributed by atoms with Crippen molar-refractivity contribution < 1.29 is 9.90 Å². The van der Waals surface area contributed by atoms with Gasteiger partial charge >= 0.3 is 0 Å². The van der Waals surface area contributed by atoms with Crippen molar-refractivity contribution in [1.29, 1.82) is 0 Å². The molecule has 2 rings (SSSR count). The number of nitrogens with one attached hydrogen (secondary N) is 1. The molecule has 0 bridgehead atoms. The molecule has 0 spiro atoms.